The molecular weight excluding hydrogens is 320 g/mol. The van der Waals surface area contributed by atoms with Gasteiger partial charge in [0.1, 0.15) is 6.61 Å². The van der Waals surface area contributed by atoms with Gasteiger partial charge in [0, 0.05) is 20.0 Å². The first-order valence-corrected chi connectivity index (χ1v) is 10.0. The minimum atomic E-state index is -0.236. The molecule has 0 saturated heterocycles. The number of ether oxygens (including phenoxy) is 3. The summed E-state index contributed by atoms with van der Waals surface area (Å²) in [6.07, 6.45) is 13.3. The van der Waals surface area contributed by atoms with E-state index in [2.05, 4.69) is 6.92 Å². The van der Waals surface area contributed by atoms with Crippen molar-refractivity contribution in [2.24, 2.45) is 0 Å². The minimum absolute atomic E-state index is 0.160. The summed E-state index contributed by atoms with van der Waals surface area (Å²) in [4.78, 5) is 22.9. The van der Waals surface area contributed by atoms with Gasteiger partial charge >= 0.3 is 11.9 Å². The van der Waals surface area contributed by atoms with Gasteiger partial charge < -0.3 is 14.2 Å². The molecule has 0 fully saturated rings. The summed E-state index contributed by atoms with van der Waals surface area (Å²) in [6.45, 7) is 3.46. The lowest BCUT2D eigenvalue weighted by Gasteiger charge is -2.06. The van der Waals surface area contributed by atoms with E-state index in [0.717, 1.165) is 12.8 Å². The Labute approximate surface area is 153 Å². The van der Waals surface area contributed by atoms with Crippen molar-refractivity contribution in [2.75, 3.05) is 26.9 Å². The molecule has 0 spiro atoms. The molecule has 0 rings (SSSR count). The van der Waals surface area contributed by atoms with E-state index in [9.17, 15) is 9.59 Å². The van der Waals surface area contributed by atoms with E-state index in [-0.39, 0.29) is 18.5 Å². The fraction of sp³-hybridized carbons (Fsp3) is 0.900. The van der Waals surface area contributed by atoms with E-state index in [1.807, 2.05) is 0 Å². The van der Waals surface area contributed by atoms with E-state index in [1.54, 1.807) is 7.11 Å². The predicted octanol–water partition coefficient (Wildman–Crippen LogP) is 4.81. The van der Waals surface area contributed by atoms with Crippen LogP contribution in [0.5, 0.6) is 0 Å². The first kappa shape index (κ1) is 23.9. The van der Waals surface area contributed by atoms with Crippen LogP contribution in [-0.4, -0.2) is 38.9 Å². The Morgan fingerprint density at radius 3 is 1.60 bits per heavy atom. The van der Waals surface area contributed by atoms with Crippen LogP contribution in [0, 0.1) is 0 Å². The zero-order chi connectivity index (χ0) is 18.6. The van der Waals surface area contributed by atoms with Crippen molar-refractivity contribution in [1.29, 1.82) is 0 Å². The lowest BCUT2D eigenvalue weighted by atomic mass is 10.1. The number of methoxy groups -OCH3 is 1. The van der Waals surface area contributed by atoms with E-state index in [4.69, 9.17) is 14.2 Å². The van der Waals surface area contributed by atoms with Crippen LogP contribution in [0.4, 0.5) is 0 Å². The lowest BCUT2D eigenvalue weighted by Crippen LogP contribution is -2.10. The van der Waals surface area contributed by atoms with Crippen molar-refractivity contribution in [3.8, 4) is 0 Å². The van der Waals surface area contributed by atoms with E-state index in [0.29, 0.717) is 38.9 Å². The predicted molar refractivity (Wildman–Crippen MR) is 99.5 cm³/mol. The highest BCUT2D eigenvalue weighted by atomic mass is 16.6. The molecule has 0 aromatic rings. The summed E-state index contributed by atoms with van der Waals surface area (Å²) < 4.78 is 15.0. The van der Waals surface area contributed by atoms with Gasteiger partial charge in [0.25, 0.3) is 0 Å². The highest BCUT2D eigenvalue weighted by molar-refractivity contribution is 5.70. The van der Waals surface area contributed by atoms with Gasteiger partial charge in [0.15, 0.2) is 0 Å². The summed E-state index contributed by atoms with van der Waals surface area (Å²) in [5, 5.41) is 0. The molecule has 25 heavy (non-hydrogen) atoms. The van der Waals surface area contributed by atoms with Crippen LogP contribution >= 0.6 is 0 Å². The van der Waals surface area contributed by atoms with E-state index in [1.165, 1.54) is 44.9 Å². The standard InChI is InChI=1S/C20H38O5/c1-3-4-5-6-7-8-9-10-13-16-24-19(21)14-11-12-15-20(22)25-18-17-23-2/h3-18H2,1-2H3. The fourth-order valence-corrected chi connectivity index (χ4v) is 2.52. The second kappa shape index (κ2) is 19.2. The zero-order valence-electron chi connectivity index (χ0n) is 16.4. The van der Waals surface area contributed by atoms with Gasteiger partial charge in [-0.25, -0.2) is 0 Å². The van der Waals surface area contributed by atoms with Crippen LogP contribution < -0.4 is 0 Å². The van der Waals surface area contributed by atoms with Gasteiger partial charge in [-0.3, -0.25) is 9.59 Å². The Bertz CT molecular complexity index is 317. The molecule has 0 atom stereocenters. The summed E-state index contributed by atoms with van der Waals surface area (Å²) in [7, 11) is 1.56. The summed E-state index contributed by atoms with van der Waals surface area (Å²) in [5.74, 6) is -0.396. The Morgan fingerprint density at radius 2 is 1.08 bits per heavy atom. The molecule has 0 aromatic heterocycles. The molecule has 0 aliphatic rings. The third kappa shape index (κ3) is 19.1. The molecular formula is C20H38O5. The maximum Gasteiger partial charge on any atom is 0.305 e. The molecule has 0 aromatic carbocycles. The Hall–Kier alpha value is -1.10. The average Bonchev–Trinajstić information content (AvgIpc) is 2.60. The van der Waals surface area contributed by atoms with Crippen molar-refractivity contribution < 1.29 is 23.8 Å². The van der Waals surface area contributed by atoms with E-state index >= 15 is 0 Å². The van der Waals surface area contributed by atoms with Gasteiger partial charge in [-0.1, -0.05) is 58.3 Å². The summed E-state index contributed by atoms with van der Waals surface area (Å²) >= 11 is 0. The highest BCUT2D eigenvalue weighted by Gasteiger charge is 2.06. The first-order valence-electron chi connectivity index (χ1n) is 10.0. The van der Waals surface area contributed by atoms with Crippen molar-refractivity contribution in [3.05, 3.63) is 0 Å². The molecule has 0 unspecified atom stereocenters. The molecule has 0 amide bonds. The van der Waals surface area contributed by atoms with Crippen LogP contribution in [0.15, 0.2) is 0 Å². The lowest BCUT2D eigenvalue weighted by molar-refractivity contribution is -0.146. The van der Waals surface area contributed by atoms with Crippen LogP contribution in [-0.2, 0) is 23.8 Å². The Balaban J connectivity index is 3.27. The number of rotatable bonds is 18. The maximum absolute atomic E-state index is 11.6. The molecule has 148 valence electrons. The van der Waals surface area contributed by atoms with Crippen LogP contribution in [0.1, 0.15) is 90.4 Å². The Kier molecular flexibility index (Phi) is 18.4. The first-order chi connectivity index (χ1) is 12.2. The topological polar surface area (TPSA) is 61.8 Å². The molecule has 5 heteroatoms. The van der Waals surface area contributed by atoms with E-state index < -0.39 is 0 Å². The minimum Gasteiger partial charge on any atom is -0.466 e. The highest BCUT2D eigenvalue weighted by Crippen LogP contribution is 2.10. The van der Waals surface area contributed by atoms with Gasteiger partial charge in [-0.2, -0.15) is 0 Å². The Morgan fingerprint density at radius 1 is 0.600 bits per heavy atom. The van der Waals surface area contributed by atoms with Crippen LogP contribution in [0.2, 0.25) is 0 Å². The number of unbranched alkanes of at least 4 members (excludes halogenated alkanes) is 9. The molecule has 0 heterocycles. The van der Waals surface area contributed by atoms with Crippen molar-refractivity contribution in [3.63, 3.8) is 0 Å². The molecule has 0 radical (unpaired) electrons. The summed E-state index contributed by atoms with van der Waals surface area (Å²) in [6, 6.07) is 0. The summed E-state index contributed by atoms with van der Waals surface area (Å²) in [5.41, 5.74) is 0. The third-order valence-corrected chi connectivity index (χ3v) is 4.07. The molecule has 0 aliphatic carbocycles. The SMILES string of the molecule is CCCCCCCCCCCOC(=O)CCCCC(=O)OCCOC. The quantitative estimate of drug-likeness (QED) is 0.260. The second-order valence-corrected chi connectivity index (χ2v) is 6.47. The van der Waals surface area contributed by atoms with Crippen LogP contribution in [0.3, 0.4) is 0 Å². The van der Waals surface area contributed by atoms with Gasteiger partial charge in [-0.15, -0.1) is 0 Å². The largest absolute Gasteiger partial charge is 0.466 e. The monoisotopic (exact) mass is 358 g/mol. The number of esters is 2. The van der Waals surface area contributed by atoms with Gasteiger partial charge in [0.2, 0.25) is 0 Å². The van der Waals surface area contributed by atoms with Crippen molar-refractivity contribution >= 4 is 11.9 Å². The normalized spacial score (nSPS) is 10.6. The molecule has 5 nitrogen and oxygen atoms in total. The van der Waals surface area contributed by atoms with Crippen molar-refractivity contribution in [1.82, 2.24) is 0 Å². The molecule has 0 N–H and O–H groups in total. The molecule has 0 bridgehead atoms. The van der Waals surface area contributed by atoms with Crippen molar-refractivity contribution in [2.45, 2.75) is 90.4 Å². The maximum atomic E-state index is 11.6. The number of hydrogen-bond donors (Lipinski definition) is 0. The second-order valence-electron chi connectivity index (χ2n) is 6.47. The average molecular weight is 359 g/mol. The van der Waals surface area contributed by atoms with Gasteiger partial charge in [0.05, 0.1) is 13.2 Å². The smallest absolute Gasteiger partial charge is 0.305 e. The zero-order valence-corrected chi connectivity index (χ0v) is 16.4. The molecule has 0 saturated carbocycles. The number of hydrogen-bond acceptors (Lipinski definition) is 5. The fourth-order valence-electron chi connectivity index (χ4n) is 2.52. The molecule has 0 aliphatic heterocycles. The third-order valence-electron chi connectivity index (χ3n) is 4.07. The number of carbonyl (C=O) groups is 2. The van der Waals surface area contributed by atoms with Gasteiger partial charge in [-0.05, 0) is 19.3 Å². The van der Waals surface area contributed by atoms with Crippen LogP contribution in [0.25, 0.3) is 0 Å². The number of carbonyl (C=O) groups excluding carboxylic acids is 2.